The van der Waals surface area contributed by atoms with E-state index in [1.54, 1.807) is 7.11 Å². The van der Waals surface area contributed by atoms with Crippen molar-refractivity contribution < 1.29 is 4.74 Å². The van der Waals surface area contributed by atoms with Gasteiger partial charge in [-0.1, -0.05) is 42.0 Å². The van der Waals surface area contributed by atoms with Gasteiger partial charge in [-0.3, -0.25) is 11.3 Å². The van der Waals surface area contributed by atoms with Crippen LogP contribution in [0.1, 0.15) is 22.3 Å². The summed E-state index contributed by atoms with van der Waals surface area (Å²) in [6.07, 6.45) is 1.75. The van der Waals surface area contributed by atoms with Gasteiger partial charge in [0.15, 0.2) is 0 Å². The van der Waals surface area contributed by atoms with Crippen molar-refractivity contribution in [3.63, 3.8) is 0 Å². The number of methoxy groups -OCH3 is 1. The fourth-order valence-corrected chi connectivity index (χ4v) is 2.63. The molecule has 0 bridgehead atoms. The number of hydrogen-bond acceptors (Lipinski definition) is 3. The summed E-state index contributed by atoms with van der Waals surface area (Å²) >= 11 is 0. The predicted octanol–water partition coefficient (Wildman–Crippen LogP) is 2.93. The van der Waals surface area contributed by atoms with Crippen LogP contribution < -0.4 is 16.0 Å². The maximum Gasteiger partial charge on any atom is 0.122 e. The number of nitrogens with one attached hydrogen (secondary N) is 1. The van der Waals surface area contributed by atoms with Crippen LogP contribution in [0.4, 0.5) is 0 Å². The highest BCUT2D eigenvalue weighted by molar-refractivity contribution is 5.38. The molecular weight excluding hydrogens is 260 g/mol. The first-order valence-electron chi connectivity index (χ1n) is 7.28. The third kappa shape index (κ3) is 4.06. The van der Waals surface area contributed by atoms with E-state index in [0.29, 0.717) is 0 Å². The van der Waals surface area contributed by atoms with Crippen LogP contribution in [-0.2, 0) is 12.8 Å². The van der Waals surface area contributed by atoms with E-state index in [2.05, 4.69) is 55.7 Å². The Balaban J connectivity index is 2.16. The first-order valence-corrected chi connectivity index (χ1v) is 7.28. The highest BCUT2D eigenvalue weighted by Crippen LogP contribution is 2.22. The molecule has 0 heterocycles. The second-order valence-electron chi connectivity index (χ2n) is 5.51. The average Bonchev–Trinajstić information content (AvgIpc) is 2.49. The molecule has 0 spiro atoms. The van der Waals surface area contributed by atoms with Crippen LogP contribution in [0.25, 0.3) is 0 Å². The molecule has 3 N–H and O–H groups in total. The van der Waals surface area contributed by atoms with Crippen LogP contribution in [0.15, 0.2) is 42.5 Å². The Morgan fingerprint density at radius 1 is 1.05 bits per heavy atom. The zero-order valence-electron chi connectivity index (χ0n) is 13.0. The van der Waals surface area contributed by atoms with Gasteiger partial charge in [0.25, 0.3) is 0 Å². The smallest absolute Gasteiger partial charge is 0.122 e. The van der Waals surface area contributed by atoms with Gasteiger partial charge in [-0.05, 0) is 49.4 Å². The van der Waals surface area contributed by atoms with Gasteiger partial charge in [0.05, 0.1) is 7.11 Å². The van der Waals surface area contributed by atoms with Gasteiger partial charge in [0, 0.05) is 6.04 Å². The largest absolute Gasteiger partial charge is 0.496 e. The number of aryl methyl sites for hydroxylation is 2. The number of benzene rings is 2. The molecule has 0 aliphatic carbocycles. The lowest BCUT2D eigenvalue weighted by Gasteiger charge is -2.19. The van der Waals surface area contributed by atoms with Gasteiger partial charge in [0.1, 0.15) is 5.75 Å². The molecule has 0 aromatic heterocycles. The van der Waals surface area contributed by atoms with Crippen molar-refractivity contribution in [1.29, 1.82) is 0 Å². The fraction of sp³-hybridized carbons (Fsp3) is 0.333. The minimum atomic E-state index is 0.182. The molecule has 0 aliphatic rings. The second-order valence-corrected chi connectivity index (χ2v) is 5.51. The molecule has 0 radical (unpaired) electrons. The number of ether oxygens (including phenoxy) is 1. The quantitative estimate of drug-likeness (QED) is 0.633. The molecule has 0 saturated heterocycles. The van der Waals surface area contributed by atoms with Crippen molar-refractivity contribution in [2.45, 2.75) is 32.7 Å². The van der Waals surface area contributed by atoms with Crippen molar-refractivity contribution in [2.24, 2.45) is 5.84 Å². The molecule has 0 aliphatic heterocycles. The third-order valence-corrected chi connectivity index (χ3v) is 3.87. The Morgan fingerprint density at radius 3 is 2.43 bits per heavy atom. The van der Waals surface area contributed by atoms with E-state index < -0.39 is 0 Å². The van der Waals surface area contributed by atoms with E-state index in [-0.39, 0.29) is 6.04 Å². The lowest BCUT2D eigenvalue weighted by Crippen LogP contribution is -2.38. The standard InChI is InChI=1S/C18H24N2O/c1-13-8-9-18(21-3)16(10-13)12-17(20-19)11-15-7-5-4-6-14(15)2/h4-10,17,20H,11-12,19H2,1-3H3. The highest BCUT2D eigenvalue weighted by Gasteiger charge is 2.13. The van der Waals surface area contributed by atoms with E-state index in [0.717, 1.165) is 18.6 Å². The van der Waals surface area contributed by atoms with Crippen LogP contribution in [0, 0.1) is 13.8 Å². The van der Waals surface area contributed by atoms with E-state index in [4.69, 9.17) is 10.6 Å². The molecule has 3 nitrogen and oxygen atoms in total. The molecular formula is C18H24N2O. The summed E-state index contributed by atoms with van der Waals surface area (Å²) < 4.78 is 5.45. The van der Waals surface area contributed by atoms with Crippen LogP contribution in [0.3, 0.4) is 0 Å². The Labute approximate surface area is 127 Å². The second kappa shape index (κ2) is 7.25. The summed E-state index contributed by atoms with van der Waals surface area (Å²) in [7, 11) is 1.71. The van der Waals surface area contributed by atoms with E-state index in [1.807, 2.05) is 6.07 Å². The van der Waals surface area contributed by atoms with Crippen LogP contribution in [-0.4, -0.2) is 13.2 Å². The van der Waals surface area contributed by atoms with Gasteiger partial charge in [-0.2, -0.15) is 0 Å². The molecule has 1 unspecified atom stereocenters. The predicted molar refractivity (Wildman–Crippen MR) is 87.4 cm³/mol. The van der Waals surface area contributed by atoms with Crippen molar-refractivity contribution >= 4 is 0 Å². The fourth-order valence-electron chi connectivity index (χ4n) is 2.63. The molecule has 112 valence electrons. The van der Waals surface area contributed by atoms with E-state index >= 15 is 0 Å². The monoisotopic (exact) mass is 284 g/mol. The summed E-state index contributed by atoms with van der Waals surface area (Å²) in [5, 5.41) is 0. The molecule has 3 heteroatoms. The minimum absolute atomic E-state index is 0.182. The van der Waals surface area contributed by atoms with Crippen molar-refractivity contribution in [3.05, 3.63) is 64.7 Å². The Kier molecular flexibility index (Phi) is 5.37. The Hall–Kier alpha value is -1.84. The molecule has 2 rings (SSSR count). The Morgan fingerprint density at radius 2 is 1.76 bits per heavy atom. The van der Waals surface area contributed by atoms with Crippen molar-refractivity contribution in [2.75, 3.05) is 7.11 Å². The average molecular weight is 284 g/mol. The van der Waals surface area contributed by atoms with Crippen molar-refractivity contribution in [3.8, 4) is 5.75 Å². The molecule has 0 fully saturated rings. The first-order chi connectivity index (χ1) is 10.1. The molecule has 0 saturated carbocycles. The highest BCUT2D eigenvalue weighted by atomic mass is 16.5. The normalized spacial score (nSPS) is 12.2. The number of rotatable bonds is 6. The lowest BCUT2D eigenvalue weighted by molar-refractivity contribution is 0.404. The minimum Gasteiger partial charge on any atom is -0.496 e. The lowest BCUT2D eigenvalue weighted by atomic mass is 9.95. The van der Waals surface area contributed by atoms with Gasteiger partial charge in [0.2, 0.25) is 0 Å². The van der Waals surface area contributed by atoms with Gasteiger partial charge in [-0.15, -0.1) is 0 Å². The van der Waals surface area contributed by atoms with Crippen LogP contribution in [0.5, 0.6) is 5.75 Å². The summed E-state index contributed by atoms with van der Waals surface area (Å²) in [4.78, 5) is 0. The van der Waals surface area contributed by atoms with E-state index in [1.165, 1.54) is 22.3 Å². The van der Waals surface area contributed by atoms with Crippen LogP contribution in [0.2, 0.25) is 0 Å². The number of hydrazine groups is 1. The summed E-state index contributed by atoms with van der Waals surface area (Å²) in [6, 6.07) is 14.9. The zero-order chi connectivity index (χ0) is 15.2. The van der Waals surface area contributed by atoms with Gasteiger partial charge < -0.3 is 4.74 Å². The van der Waals surface area contributed by atoms with Gasteiger partial charge in [-0.25, -0.2) is 0 Å². The molecule has 2 aromatic carbocycles. The summed E-state index contributed by atoms with van der Waals surface area (Å²) in [5.41, 5.74) is 7.99. The third-order valence-electron chi connectivity index (χ3n) is 3.87. The summed E-state index contributed by atoms with van der Waals surface area (Å²) in [6.45, 7) is 4.23. The molecule has 0 amide bonds. The molecule has 1 atom stereocenters. The molecule has 21 heavy (non-hydrogen) atoms. The maximum absolute atomic E-state index is 5.76. The Bertz CT molecular complexity index is 596. The summed E-state index contributed by atoms with van der Waals surface area (Å²) in [5.74, 6) is 6.68. The maximum atomic E-state index is 5.76. The molecule has 2 aromatic rings. The van der Waals surface area contributed by atoms with Crippen LogP contribution >= 0.6 is 0 Å². The zero-order valence-corrected chi connectivity index (χ0v) is 13.0. The topological polar surface area (TPSA) is 47.3 Å². The van der Waals surface area contributed by atoms with E-state index in [9.17, 15) is 0 Å². The van der Waals surface area contributed by atoms with Crippen molar-refractivity contribution in [1.82, 2.24) is 5.43 Å². The first kappa shape index (κ1) is 15.5. The number of hydrogen-bond donors (Lipinski definition) is 2. The van der Waals surface area contributed by atoms with Gasteiger partial charge >= 0.3 is 0 Å². The SMILES string of the molecule is COc1ccc(C)cc1CC(Cc1ccccc1C)NN. The number of nitrogens with two attached hydrogens (primary N) is 1.